The Bertz CT molecular complexity index is 807. The molecule has 0 aliphatic heterocycles. The lowest BCUT2D eigenvalue weighted by atomic mass is 10.0. The molecule has 1 aromatic carbocycles. The summed E-state index contributed by atoms with van der Waals surface area (Å²) in [5.74, 6) is 0.821. The number of rotatable bonds is 5. The van der Waals surface area contributed by atoms with Gasteiger partial charge in [0.1, 0.15) is 5.82 Å². The summed E-state index contributed by atoms with van der Waals surface area (Å²) in [5, 5.41) is 15.6. The number of aromatic nitrogens is 3. The number of aryl methyl sites for hydroxylation is 1. The van der Waals surface area contributed by atoms with Crippen molar-refractivity contribution < 1.29 is 5.11 Å². The molecule has 0 fully saturated rings. The topological polar surface area (TPSA) is 53.7 Å². The molecule has 0 aliphatic rings. The van der Waals surface area contributed by atoms with Crippen LogP contribution < -0.4 is 0 Å². The van der Waals surface area contributed by atoms with Crippen LogP contribution in [0.15, 0.2) is 24.3 Å². The zero-order valence-electron chi connectivity index (χ0n) is 13.3. The smallest absolute Gasteiger partial charge is 0.230 e. The Balaban J connectivity index is 2.14. The van der Waals surface area contributed by atoms with Crippen LogP contribution in [0.25, 0.3) is 4.96 Å². The highest BCUT2D eigenvalue weighted by atomic mass is 35.5. The predicted octanol–water partition coefficient (Wildman–Crippen LogP) is 3.89. The molecule has 122 valence electrons. The molecule has 23 heavy (non-hydrogen) atoms. The third-order valence-electron chi connectivity index (χ3n) is 3.92. The maximum Gasteiger partial charge on any atom is 0.230 e. The minimum Gasteiger partial charge on any atom is -0.492 e. The molecule has 1 N–H and O–H groups in total. The van der Waals surface area contributed by atoms with E-state index >= 15 is 0 Å². The van der Waals surface area contributed by atoms with Gasteiger partial charge in [0.2, 0.25) is 10.8 Å². The first-order valence-corrected chi connectivity index (χ1v) is 8.79. The van der Waals surface area contributed by atoms with Gasteiger partial charge in [-0.1, -0.05) is 48.9 Å². The molecular weight excluding hydrogens is 332 g/mol. The second-order valence-corrected chi connectivity index (χ2v) is 6.76. The van der Waals surface area contributed by atoms with Crippen LogP contribution in [-0.4, -0.2) is 37.7 Å². The van der Waals surface area contributed by atoms with Crippen LogP contribution in [0.3, 0.4) is 0 Å². The normalized spacial score (nSPS) is 13.1. The van der Waals surface area contributed by atoms with E-state index < -0.39 is 0 Å². The minimum atomic E-state index is -0.0453. The van der Waals surface area contributed by atoms with Gasteiger partial charge in [-0.15, -0.1) is 5.10 Å². The van der Waals surface area contributed by atoms with Crippen LogP contribution in [0, 0.1) is 6.92 Å². The van der Waals surface area contributed by atoms with Gasteiger partial charge in [0.05, 0.1) is 10.9 Å². The van der Waals surface area contributed by atoms with E-state index in [1.807, 2.05) is 31.2 Å². The van der Waals surface area contributed by atoms with E-state index in [2.05, 4.69) is 28.8 Å². The van der Waals surface area contributed by atoms with Crippen molar-refractivity contribution in [2.75, 3.05) is 13.1 Å². The molecule has 3 aromatic rings. The van der Waals surface area contributed by atoms with Gasteiger partial charge >= 0.3 is 0 Å². The summed E-state index contributed by atoms with van der Waals surface area (Å²) < 4.78 is 1.52. The number of thiazole rings is 1. The predicted molar refractivity (Wildman–Crippen MR) is 93.5 cm³/mol. The van der Waals surface area contributed by atoms with Crippen LogP contribution >= 0.6 is 22.9 Å². The molecule has 0 aliphatic carbocycles. The van der Waals surface area contributed by atoms with Crippen molar-refractivity contribution in [3.8, 4) is 5.88 Å². The van der Waals surface area contributed by atoms with Gasteiger partial charge in [-0.2, -0.15) is 4.52 Å². The number of aromatic hydroxyl groups is 1. The minimum absolute atomic E-state index is 0.0453. The summed E-state index contributed by atoms with van der Waals surface area (Å²) >= 11 is 7.50. The third-order valence-corrected chi connectivity index (χ3v) is 5.24. The lowest BCUT2D eigenvalue weighted by Crippen LogP contribution is -2.28. The zero-order valence-corrected chi connectivity index (χ0v) is 14.9. The van der Waals surface area contributed by atoms with E-state index in [4.69, 9.17) is 11.6 Å². The molecule has 0 saturated heterocycles. The summed E-state index contributed by atoms with van der Waals surface area (Å²) in [6, 6.07) is 7.73. The molecule has 1 atom stereocenters. The Kier molecular flexibility index (Phi) is 4.57. The molecule has 0 amide bonds. The SMILES string of the molecule is CCN(CC)C(c1ccc(Cl)cc1)c1sc2nc(C)nn2c1O. The van der Waals surface area contributed by atoms with Crippen LogP contribution in [0.1, 0.15) is 36.2 Å². The molecule has 2 aromatic heterocycles. The summed E-state index contributed by atoms with van der Waals surface area (Å²) in [6.45, 7) is 7.79. The first-order chi connectivity index (χ1) is 11.0. The number of fused-ring (bicyclic) bond motifs is 1. The average Bonchev–Trinajstić information content (AvgIpc) is 3.04. The van der Waals surface area contributed by atoms with E-state index in [-0.39, 0.29) is 11.9 Å². The van der Waals surface area contributed by atoms with Gasteiger partial charge < -0.3 is 5.11 Å². The Morgan fingerprint density at radius 1 is 1.26 bits per heavy atom. The van der Waals surface area contributed by atoms with Gasteiger partial charge in [0.15, 0.2) is 0 Å². The number of hydrogen-bond donors (Lipinski definition) is 1. The van der Waals surface area contributed by atoms with Gasteiger partial charge in [-0.25, -0.2) is 4.98 Å². The lowest BCUT2D eigenvalue weighted by molar-refractivity contribution is 0.248. The molecule has 1 unspecified atom stereocenters. The largest absolute Gasteiger partial charge is 0.492 e. The molecule has 0 saturated carbocycles. The molecule has 3 rings (SSSR count). The maximum atomic E-state index is 10.6. The summed E-state index contributed by atoms with van der Waals surface area (Å²) in [7, 11) is 0. The zero-order chi connectivity index (χ0) is 16.6. The average molecular weight is 351 g/mol. The molecule has 0 radical (unpaired) electrons. The Hall–Kier alpha value is -1.63. The highest BCUT2D eigenvalue weighted by molar-refractivity contribution is 7.17. The number of halogens is 1. The molecule has 0 spiro atoms. The third kappa shape index (κ3) is 2.94. The first kappa shape index (κ1) is 16.2. The Morgan fingerprint density at radius 3 is 2.48 bits per heavy atom. The van der Waals surface area contributed by atoms with Gasteiger partial charge in [-0.05, 0) is 37.7 Å². The molecule has 7 heteroatoms. The van der Waals surface area contributed by atoms with E-state index in [9.17, 15) is 5.11 Å². The number of nitrogens with zero attached hydrogens (tertiary/aromatic N) is 4. The molecule has 0 bridgehead atoms. The van der Waals surface area contributed by atoms with Crippen LogP contribution in [0.2, 0.25) is 5.02 Å². The first-order valence-electron chi connectivity index (χ1n) is 7.59. The Morgan fingerprint density at radius 2 is 1.91 bits per heavy atom. The quantitative estimate of drug-likeness (QED) is 0.758. The second kappa shape index (κ2) is 6.47. The highest BCUT2D eigenvalue weighted by Crippen LogP contribution is 2.39. The Labute approximate surface area is 144 Å². The standard InChI is InChI=1S/C16H19ClN4OS/c1-4-20(5-2)13(11-6-8-12(17)9-7-11)14-15(22)21-16(23-14)18-10(3)19-21/h6-9,13,22H,4-5H2,1-3H3. The van der Waals surface area contributed by atoms with Gasteiger partial charge in [0.25, 0.3) is 0 Å². The van der Waals surface area contributed by atoms with Crippen molar-refractivity contribution in [1.82, 2.24) is 19.5 Å². The van der Waals surface area contributed by atoms with Crippen LogP contribution in [0.4, 0.5) is 0 Å². The summed E-state index contributed by atoms with van der Waals surface area (Å²) in [6.07, 6.45) is 0. The van der Waals surface area contributed by atoms with Gasteiger partial charge in [0, 0.05) is 5.02 Å². The monoisotopic (exact) mass is 350 g/mol. The fourth-order valence-corrected chi connectivity index (χ4v) is 4.08. The molecule has 2 heterocycles. The van der Waals surface area contributed by atoms with Crippen LogP contribution in [-0.2, 0) is 0 Å². The lowest BCUT2D eigenvalue weighted by Gasteiger charge is -2.29. The fourth-order valence-electron chi connectivity index (χ4n) is 2.79. The number of hydrogen-bond acceptors (Lipinski definition) is 5. The maximum absolute atomic E-state index is 10.6. The molecular formula is C16H19ClN4OS. The van der Waals surface area contributed by atoms with Crippen molar-refractivity contribution in [1.29, 1.82) is 0 Å². The van der Waals surface area contributed by atoms with Gasteiger partial charge in [-0.3, -0.25) is 4.90 Å². The highest BCUT2D eigenvalue weighted by Gasteiger charge is 2.28. The number of benzene rings is 1. The van der Waals surface area contributed by atoms with E-state index in [0.29, 0.717) is 15.8 Å². The van der Waals surface area contributed by atoms with Crippen molar-refractivity contribution in [3.63, 3.8) is 0 Å². The van der Waals surface area contributed by atoms with E-state index in [0.717, 1.165) is 23.5 Å². The van der Waals surface area contributed by atoms with E-state index in [1.54, 1.807) is 0 Å². The van der Waals surface area contributed by atoms with Crippen molar-refractivity contribution in [2.24, 2.45) is 0 Å². The van der Waals surface area contributed by atoms with Crippen molar-refractivity contribution in [2.45, 2.75) is 26.8 Å². The summed E-state index contributed by atoms with van der Waals surface area (Å²) in [4.78, 5) is 8.22. The fraction of sp³-hybridized carbons (Fsp3) is 0.375. The van der Waals surface area contributed by atoms with Crippen molar-refractivity contribution in [3.05, 3.63) is 45.6 Å². The molecule has 5 nitrogen and oxygen atoms in total. The van der Waals surface area contributed by atoms with E-state index in [1.165, 1.54) is 15.9 Å². The second-order valence-electron chi connectivity index (χ2n) is 5.32. The van der Waals surface area contributed by atoms with Crippen molar-refractivity contribution >= 4 is 27.9 Å². The van der Waals surface area contributed by atoms with Crippen LogP contribution in [0.5, 0.6) is 5.88 Å². The summed E-state index contributed by atoms with van der Waals surface area (Å²) in [5.41, 5.74) is 1.09.